The molecule has 0 saturated carbocycles. The minimum absolute atomic E-state index is 0.124. The molecule has 0 unspecified atom stereocenters. The Morgan fingerprint density at radius 1 is 1.36 bits per heavy atom. The van der Waals surface area contributed by atoms with E-state index in [0.717, 1.165) is 25.9 Å². The van der Waals surface area contributed by atoms with Gasteiger partial charge in [-0.05, 0) is 58.1 Å². The van der Waals surface area contributed by atoms with Crippen molar-refractivity contribution in [1.82, 2.24) is 20.4 Å². The molecular formula is C18H20N4O3. The van der Waals surface area contributed by atoms with E-state index in [4.69, 9.17) is 8.94 Å². The van der Waals surface area contributed by atoms with Crippen LogP contribution in [-0.2, 0) is 0 Å². The Morgan fingerprint density at radius 2 is 2.16 bits per heavy atom. The van der Waals surface area contributed by atoms with E-state index in [-0.39, 0.29) is 11.9 Å². The number of rotatable bonds is 3. The number of pyridine rings is 1. The molecule has 0 atom stereocenters. The number of carbonyl (C=O) groups is 1. The average Bonchev–Trinajstić information content (AvgIpc) is 3.26. The summed E-state index contributed by atoms with van der Waals surface area (Å²) in [7, 11) is 2.10. The van der Waals surface area contributed by atoms with Gasteiger partial charge in [-0.25, -0.2) is 4.98 Å². The zero-order valence-electron chi connectivity index (χ0n) is 14.3. The minimum atomic E-state index is -0.124. The number of amides is 1. The second-order valence-corrected chi connectivity index (χ2v) is 6.53. The minimum Gasteiger partial charge on any atom is -0.463 e. The summed E-state index contributed by atoms with van der Waals surface area (Å²) < 4.78 is 10.7. The van der Waals surface area contributed by atoms with Crippen molar-refractivity contribution < 1.29 is 13.7 Å². The molecule has 0 spiro atoms. The molecule has 1 amide bonds. The van der Waals surface area contributed by atoms with Crippen molar-refractivity contribution in [2.45, 2.75) is 25.8 Å². The Hall–Kier alpha value is -2.67. The van der Waals surface area contributed by atoms with E-state index in [1.807, 2.05) is 6.92 Å². The van der Waals surface area contributed by atoms with E-state index >= 15 is 0 Å². The van der Waals surface area contributed by atoms with Crippen LogP contribution in [0, 0.1) is 6.92 Å². The molecule has 0 radical (unpaired) electrons. The fourth-order valence-electron chi connectivity index (χ4n) is 3.24. The second-order valence-electron chi connectivity index (χ2n) is 6.53. The summed E-state index contributed by atoms with van der Waals surface area (Å²) in [5.41, 5.74) is 2.08. The highest BCUT2D eigenvalue weighted by Gasteiger charge is 2.23. The maximum Gasteiger partial charge on any atom is 0.259 e. The molecule has 130 valence electrons. The summed E-state index contributed by atoms with van der Waals surface area (Å²) >= 11 is 0. The van der Waals surface area contributed by atoms with Crippen LogP contribution in [0.4, 0.5) is 0 Å². The Balaban J connectivity index is 1.69. The summed E-state index contributed by atoms with van der Waals surface area (Å²) in [5, 5.41) is 7.76. The normalized spacial score (nSPS) is 16.4. The monoisotopic (exact) mass is 340 g/mol. The van der Waals surface area contributed by atoms with Crippen LogP contribution in [0.15, 0.2) is 33.4 Å². The number of carbonyl (C=O) groups excluding carboxylic acids is 1. The van der Waals surface area contributed by atoms with Gasteiger partial charge in [-0.3, -0.25) is 4.79 Å². The summed E-state index contributed by atoms with van der Waals surface area (Å²) in [6.07, 6.45) is 3.47. The van der Waals surface area contributed by atoms with Crippen LogP contribution < -0.4 is 5.32 Å². The van der Waals surface area contributed by atoms with Crippen molar-refractivity contribution >= 4 is 17.0 Å². The van der Waals surface area contributed by atoms with E-state index < -0.39 is 0 Å². The molecule has 4 rings (SSSR count). The van der Waals surface area contributed by atoms with E-state index in [1.54, 1.807) is 24.5 Å². The number of hydrogen-bond acceptors (Lipinski definition) is 6. The number of aryl methyl sites for hydroxylation is 1. The second kappa shape index (κ2) is 6.33. The predicted octanol–water partition coefficient (Wildman–Crippen LogP) is 2.62. The van der Waals surface area contributed by atoms with Gasteiger partial charge in [0.1, 0.15) is 5.69 Å². The lowest BCUT2D eigenvalue weighted by Crippen LogP contribution is -2.43. The Labute approximate surface area is 145 Å². The third-order valence-electron chi connectivity index (χ3n) is 4.69. The highest BCUT2D eigenvalue weighted by molar-refractivity contribution is 6.07. The molecule has 1 fully saturated rings. The first kappa shape index (κ1) is 15.8. The topological polar surface area (TPSA) is 84.4 Å². The number of nitrogens with one attached hydrogen (secondary N) is 1. The van der Waals surface area contributed by atoms with Gasteiger partial charge >= 0.3 is 0 Å². The molecule has 1 aliphatic rings. The molecule has 7 nitrogen and oxygen atoms in total. The van der Waals surface area contributed by atoms with E-state index in [1.165, 1.54) is 0 Å². The van der Waals surface area contributed by atoms with Crippen LogP contribution in [0.5, 0.6) is 0 Å². The van der Waals surface area contributed by atoms with Crippen molar-refractivity contribution in [3.63, 3.8) is 0 Å². The molecule has 4 heterocycles. The van der Waals surface area contributed by atoms with Gasteiger partial charge in [0.15, 0.2) is 5.76 Å². The van der Waals surface area contributed by atoms with Gasteiger partial charge in [-0.15, -0.1) is 0 Å². The summed E-state index contributed by atoms with van der Waals surface area (Å²) in [4.78, 5) is 19.6. The highest BCUT2D eigenvalue weighted by atomic mass is 16.5. The summed E-state index contributed by atoms with van der Waals surface area (Å²) in [6.45, 7) is 3.79. The molecule has 1 N–H and O–H groups in total. The molecule has 1 aliphatic heterocycles. The van der Waals surface area contributed by atoms with Crippen LogP contribution in [0.25, 0.3) is 22.6 Å². The number of aromatic nitrogens is 2. The standard InChI is InChI=1S/C18H20N4O3/c1-11-16-13(17(23)19-12-5-7-22(2)8-6-12)10-14(15-4-3-9-24-15)20-18(16)25-21-11/h3-4,9-10,12H,5-8H2,1-2H3,(H,19,23). The van der Waals surface area contributed by atoms with Crippen molar-refractivity contribution in [3.8, 4) is 11.5 Å². The lowest BCUT2D eigenvalue weighted by atomic mass is 10.0. The zero-order chi connectivity index (χ0) is 17.4. The molecule has 3 aromatic rings. The van der Waals surface area contributed by atoms with Crippen molar-refractivity contribution in [3.05, 3.63) is 35.7 Å². The van der Waals surface area contributed by atoms with Gasteiger partial charge in [-0.2, -0.15) is 0 Å². The predicted molar refractivity (Wildman–Crippen MR) is 92.2 cm³/mol. The molecular weight excluding hydrogens is 320 g/mol. The largest absolute Gasteiger partial charge is 0.463 e. The Morgan fingerprint density at radius 3 is 2.88 bits per heavy atom. The lowest BCUT2D eigenvalue weighted by Gasteiger charge is -2.29. The van der Waals surface area contributed by atoms with E-state index in [0.29, 0.717) is 33.8 Å². The third-order valence-corrected chi connectivity index (χ3v) is 4.69. The van der Waals surface area contributed by atoms with E-state index in [9.17, 15) is 4.79 Å². The summed E-state index contributed by atoms with van der Waals surface area (Å²) in [5.74, 6) is 0.463. The van der Waals surface area contributed by atoms with Crippen molar-refractivity contribution in [1.29, 1.82) is 0 Å². The lowest BCUT2D eigenvalue weighted by molar-refractivity contribution is 0.0918. The van der Waals surface area contributed by atoms with Gasteiger partial charge < -0.3 is 19.2 Å². The van der Waals surface area contributed by atoms with Gasteiger partial charge in [-0.1, -0.05) is 5.16 Å². The summed E-state index contributed by atoms with van der Waals surface area (Å²) in [6, 6.07) is 5.51. The first-order chi connectivity index (χ1) is 12.1. The number of furan rings is 1. The van der Waals surface area contributed by atoms with Gasteiger partial charge in [0, 0.05) is 6.04 Å². The first-order valence-corrected chi connectivity index (χ1v) is 8.42. The first-order valence-electron chi connectivity index (χ1n) is 8.42. The molecule has 7 heteroatoms. The van der Waals surface area contributed by atoms with Gasteiger partial charge in [0.05, 0.1) is 22.9 Å². The number of likely N-dealkylation sites (tertiary alicyclic amines) is 1. The van der Waals surface area contributed by atoms with E-state index in [2.05, 4.69) is 27.4 Å². The third kappa shape index (κ3) is 3.02. The van der Waals surface area contributed by atoms with Crippen LogP contribution in [0.2, 0.25) is 0 Å². The maximum absolute atomic E-state index is 12.9. The number of piperidine rings is 1. The molecule has 0 bridgehead atoms. The Bertz CT molecular complexity index is 893. The zero-order valence-corrected chi connectivity index (χ0v) is 14.3. The van der Waals surface area contributed by atoms with Crippen molar-refractivity contribution in [2.75, 3.05) is 20.1 Å². The number of hydrogen-bond donors (Lipinski definition) is 1. The molecule has 3 aromatic heterocycles. The fourth-order valence-corrected chi connectivity index (χ4v) is 3.24. The van der Waals surface area contributed by atoms with Crippen LogP contribution in [-0.4, -0.2) is 47.1 Å². The smallest absolute Gasteiger partial charge is 0.259 e. The van der Waals surface area contributed by atoms with Crippen molar-refractivity contribution in [2.24, 2.45) is 0 Å². The molecule has 1 saturated heterocycles. The van der Waals surface area contributed by atoms with Crippen LogP contribution >= 0.6 is 0 Å². The molecule has 0 aromatic carbocycles. The number of nitrogens with zero attached hydrogens (tertiary/aromatic N) is 3. The average molecular weight is 340 g/mol. The van der Waals surface area contributed by atoms with Gasteiger partial charge in [0.2, 0.25) is 0 Å². The quantitative estimate of drug-likeness (QED) is 0.789. The molecule has 0 aliphatic carbocycles. The van der Waals surface area contributed by atoms with Crippen LogP contribution in [0.1, 0.15) is 28.9 Å². The highest BCUT2D eigenvalue weighted by Crippen LogP contribution is 2.27. The van der Waals surface area contributed by atoms with Gasteiger partial charge in [0.25, 0.3) is 11.6 Å². The Kier molecular flexibility index (Phi) is 4.01. The molecule has 25 heavy (non-hydrogen) atoms. The maximum atomic E-state index is 12.9. The van der Waals surface area contributed by atoms with Crippen LogP contribution in [0.3, 0.4) is 0 Å². The fraction of sp³-hybridized carbons (Fsp3) is 0.389. The SMILES string of the molecule is Cc1noc2nc(-c3ccco3)cc(C(=O)NC3CCN(C)CC3)c12. The number of fused-ring (bicyclic) bond motifs is 1.